The Balaban J connectivity index is 4.14. The highest BCUT2D eigenvalue weighted by Crippen LogP contribution is 2.11. The number of ether oxygens (including phenoxy) is 1. The molecule has 0 aromatic carbocycles. The van der Waals surface area contributed by atoms with Gasteiger partial charge in [0, 0.05) is 6.08 Å². The Morgan fingerprint density at radius 2 is 2.00 bits per heavy atom. The number of rotatable bonds is 5. The monoisotopic (exact) mass is 186 g/mol. The smallest absolute Gasteiger partial charge is 0.265 e. The molecule has 0 aromatic heterocycles. The van der Waals surface area contributed by atoms with Crippen LogP contribution in [0.1, 0.15) is 6.92 Å². The molecule has 0 saturated heterocycles. The molecule has 0 aromatic rings. The van der Waals surface area contributed by atoms with Crippen LogP contribution in [0, 0.1) is 0 Å². The van der Waals surface area contributed by atoms with Crippen molar-refractivity contribution < 1.29 is 9.16 Å². The molecule has 0 aliphatic rings. The Labute approximate surface area is 76.0 Å². The summed E-state index contributed by atoms with van der Waals surface area (Å²) < 4.78 is 10.9. The first-order valence-electron chi connectivity index (χ1n) is 4.14. The third-order valence-corrected chi connectivity index (χ3v) is 1.76. The third-order valence-electron chi connectivity index (χ3n) is 0.947. The van der Waals surface area contributed by atoms with Gasteiger partial charge in [-0.1, -0.05) is 12.7 Å². The van der Waals surface area contributed by atoms with Crippen molar-refractivity contribution in [2.75, 3.05) is 6.61 Å². The van der Waals surface area contributed by atoms with Gasteiger partial charge in [-0.2, -0.15) is 0 Å². The highest BCUT2D eigenvalue weighted by molar-refractivity contribution is 6.69. The molecule has 0 spiro atoms. The molecule has 0 aliphatic carbocycles. The van der Waals surface area contributed by atoms with Gasteiger partial charge in [-0.25, -0.2) is 0 Å². The van der Waals surface area contributed by atoms with E-state index >= 15 is 0 Å². The van der Waals surface area contributed by atoms with Crippen LogP contribution >= 0.6 is 0 Å². The van der Waals surface area contributed by atoms with Crippen LogP contribution in [0.15, 0.2) is 24.7 Å². The van der Waals surface area contributed by atoms with Crippen molar-refractivity contribution in [3.8, 4) is 0 Å². The van der Waals surface area contributed by atoms with Crippen LogP contribution in [0.25, 0.3) is 0 Å². The van der Waals surface area contributed by atoms with E-state index in [9.17, 15) is 0 Å². The second-order valence-corrected chi connectivity index (χ2v) is 7.80. The average Bonchev–Trinajstić information content (AvgIpc) is 1.84. The molecule has 0 heterocycles. The molecule has 70 valence electrons. The molecule has 3 heteroatoms. The van der Waals surface area contributed by atoms with Gasteiger partial charge in [-0.05, 0) is 26.6 Å². The van der Waals surface area contributed by atoms with Crippen molar-refractivity contribution in [3.05, 3.63) is 24.7 Å². The van der Waals surface area contributed by atoms with Gasteiger partial charge in [0.05, 0.1) is 6.61 Å². The summed E-state index contributed by atoms with van der Waals surface area (Å²) >= 11 is 0. The fourth-order valence-corrected chi connectivity index (χ4v) is 1.38. The molecule has 0 amide bonds. The molecule has 0 fully saturated rings. The highest BCUT2D eigenvalue weighted by atomic mass is 28.4. The fraction of sp³-hybridized carbons (Fsp3) is 0.556. The van der Waals surface area contributed by atoms with Crippen molar-refractivity contribution in [1.82, 2.24) is 0 Å². The van der Waals surface area contributed by atoms with E-state index in [1.807, 2.05) is 6.92 Å². The van der Waals surface area contributed by atoms with E-state index in [1.165, 1.54) is 0 Å². The van der Waals surface area contributed by atoms with Crippen LogP contribution in [0.4, 0.5) is 0 Å². The van der Waals surface area contributed by atoms with Gasteiger partial charge in [0.25, 0.3) is 5.95 Å². The summed E-state index contributed by atoms with van der Waals surface area (Å²) in [5.74, 6) is 0.590. The zero-order valence-electron chi connectivity index (χ0n) is 8.39. The number of hydrogen-bond acceptors (Lipinski definition) is 2. The first-order valence-corrected chi connectivity index (χ1v) is 7.55. The lowest BCUT2D eigenvalue weighted by Crippen LogP contribution is -2.25. The summed E-state index contributed by atoms with van der Waals surface area (Å²) in [6, 6.07) is 0. The zero-order valence-corrected chi connectivity index (χ0v) is 9.39. The Bertz CT molecular complexity index is 168. The highest BCUT2D eigenvalue weighted by Gasteiger charge is 2.17. The van der Waals surface area contributed by atoms with Crippen LogP contribution in [-0.2, 0) is 9.16 Å². The minimum Gasteiger partial charge on any atom is -0.520 e. The molecule has 0 bridgehead atoms. The summed E-state index contributed by atoms with van der Waals surface area (Å²) in [6.45, 7) is 12.5. The second-order valence-electron chi connectivity index (χ2n) is 3.37. The summed E-state index contributed by atoms with van der Waals surface area (Å²) in [6.07, 6.45) is 3.42. The van der Waals surface area contributed by atoms with E-state index in [0.717, 1.165) is 0 Å². The SMILES string of the molecule is C=C/C=C(/OCC)O[Si](C)(C)C. The van der Waals surface area contributed by atoms with Gasteiger partial charge < -0.3 is 9.16 Å². The summed E-state index contributed by atoms with van der Waals surface area (Å²) in [5, 5.41) is 0. The topological polar surface area (TPSA) is 18.5 Å². The van der Waals surface area contributed by atoms with Gasteiger partial charge in [-0.15, -0.1) is 0 Å². The first-order chi connectivity index (χ1) is 5.49. The maximum atomic E-state index is 5.63. The Morgan fingerprint density at radius 1 is 1.42 bits per heavy atom. The lowest BCUT2D eigenvalue weighted by molar-refractivity contribution is 0.112. The van der Waals surface area contributed by atoms with Gasteiger partial charge in [-0.3, -0.25) is 0 Å². The molecular weight excluding hydrogens is 168 g/mol. The lowest BCUT2D eigenvalue weighted by Gasteiger charge is -2.20. The van der Waals surface area contributed by atoms with Crippen LogP contribution in [0.2, 0.25) is 19.6 Å². The Hall–Kier alpha value is -0.703. The predicted molar refractivity (Wildman–Crippen MR) is 54.3 cm³/mol. The average molecular weight is 186 g/mol. The molecule has 0 N–H and O–H groups in total. The Morgan fingerprint density at radius 3 is 2.33 bits per heavy atom. The van der Waals surface area contributed by atoms with E-state index in [-0.39, 0.29) is 0 Å². The largest absolute Gasteiger partial charge is 0.520 e. The lowest BCUT2D eigenvalue weighted by atomic mass is 10.6. The van der Waals surface area contributed by atoms with E-state index < -0.39 is 8.32 Å². The van der Waals surface area contributed by atoms with Crippen LogP contribution in [0.3, 0.4) is 0 Å². The molecule has 0 aliphatic heterocycles. The van der Waals surface area contributed by atoms with Crippen molar-refractivity contribution in [3.63, 3.8) is 0 Å². The van der Waals surface area contributed by atoms with Gasteiger partial charge in [0.2, 0.25) is 8.32 Å². The normalized spacial score (nSPS) is 12.5. The maximum Gasteiger partial charge on any atom is 0.265 e. The molecule has 2 nitrogen and oxygen atoms in total. The molecule has 0 atom stereocenters. The van der Waals surface area contributed by atoms with Crippen molar-refractivity contribution in [1.29, 1.82) is 0 Å². The molecule has 12 heavy (non-hydrogen) atoms. The fourth-order valence-electron chi connectivity index (χ4n) is 0.652. The predicted octanol–water partition coefficient (Wildman–Crippen LogP) is 2.90. The van der Waals surface area contributed by atoms with Gasteiger partial charge in [0.15, 0.2) is 0 Å². The minimum absolute atomic E-state index is 0.590. The zero-order chi connectivity index (χ0) is 9.61. The van der Waals surface area contributed by atoms with Crippen LogP contribution < -0.4 is 0 Å². The van der Waals surface area contributed by atoms with Crippen LogP contribution in [-0.4, -0.2) is 14.9 Å². The van der Waals surface area contributed by atoms with E-state index in [0.29, 0.717) is 12.6 Å². The van der Waals surface area contributed by atoms with Gasteiger partial charge >= 0.3 is 0 Å². The molecule has 0 rings (SSSR count). The minimum atomic E-state index is -1.54. The summed E-state index contributed by atoms with van der Waals surface area (Å²) in [4.78, 5) is 0. The molecule has 0 radical (unpaired) electrons. The molecule has 0 unspecified atom stereocenters. The Kier molecular flexibility index (Phi) is 4.74. The van der Waals surface area contributed by atoms with Crippen LogP contribution in [0.5, 0.6) is 0 Å². The summed E-state index contributed by atoms with van der Waals surface area (Å²) in [5.41, 5.74) is 0. The standard InChI is InChI=1S/C9H18O2Si/c1-6-8-9(10-7-2)11-12(3,4)5/h6,8H,1,7H2,2-5H3/b9-8-. The second kappa shape index (κ2) is 5.03. The molecular formula is C9H18O2Si. The number of allylic oxidation sites excluding steroid dienone is 2. The third kappa shape index (κ3) is 6.04. The van der Waals surface area contributed by atoms with Gasteiger partial charge in [0.1, 0.15) is 0 Å². The van der Waals surface area contributed by atoms with Crippen molar-refractivity contribution >= 4 is 8.32 Å². The van der Waals surface area contributed by atoms with Crippen molar-refractivity contribution in [2.45, 2.75) is 26.6 Å². The maximum absolute atomic E-state index is 5.63. The van der Waals surface area contributed by atoms with E-state index in [2.05, 4.69) is 26.2 Å². The summed E-state index contributed by atoms with van der Waals surface area (Å²) in [7, 11) is -1.54. The van der Waals surface area contributed by atoms with Crippen molar-refractivity contribution in [2.24, 2.45) is 0 Å². The quantitative estimate of drug-likeness (QED) is 0.373. The number of hydrogen-bond donors (Lipinski definition) is 0. The van der Waals surface area contributed by atoms with E-state index in [4.69, 9.17) is 9.16 Å². The first kappa shape index (κ1) is 11.3. The molecule has 0 saturated carbocycles. The van der Waals surface area contributed by atoms with E-state index in [1.54, 1.807) is 12.2 Å².